The van der Waals surface area contributed by atoms with Crippen molar-refractivity contribution in [3.05, 3.63) is 63.7 Å². The van der Waals surface area contributed by atoms with Gasteiger partial charge in [0.25, 0.3) is 11.6 Å². The molecule has 2 rings (SSSR count). The SMILES string of the molecule is O=C(COc1ccc([N+](=O)[O-])cc1)NNC(=O)Nc1ccc(Cl)cc1. The molecular weight excluding hydrogens is 352 g/mol. The van der Waals surface area contributed by atoms with Crippen LogP contribution in [0.4, 0.5) is 16.2 Å². The second-order valence-corrected chi connectivity index (χ2v) is 5.11. The third kappa shape index (κ3) is 5.99. The van der Waals surface area contributed by atoms with Crippen molar-refractivity contribution < 1.29 is 19.2 Å². The minimum atomic E-state index is -0.647. The highest BCUT2D eigenvalue weighted by molar-refractivity contribution is 6.30. The lowest BCUT2D eigenvalue weighted by Gasteiger charge is -2.10. The number of ether oxygens (including phenoxy) is 1. The second kappa shape index (κ2) is 8.50. The first-order valence-electron chi connectivity index (χ1n) is 6.93. The maximum atomic E-state index is 11.6. The summed E-state index contributed by atoms with van der Waals surface area (Å²) in [7, 11) is 0. The van der Waals surface area contributed by atoms with Crippen molar-refractivity contribution in [1.82, 2.24) is 10.9 Å². The third-order valence-corrected chi connectivity index (χ3v) is 3.09. The lowest BCUT2D eigenvalue weighted by molar-refractivity contribution is -0.384. The number of hydrazine groups is 1. The fraction of sp³-hybridized carbons (Fsp3) is 0.0667. The molecule has 0 spiro atoms. The van der Waals surface area contributed by atoms with Crippen LogP contribution in [0.1, 0.15) is 0 Å². The number of benzene rings is 2. The van der Waals surface area contributed by atoms with Gasteiger partial charge in [0.15, 0.2) is 6.61 Å². The van der Waals surface area contributed by atoms with E-state index in [-0.39, 0.29) is 18.0 Å². The van der Waals surface area contributed by atoms with Gasteiger partial charge in [-0.05, 0) is 36.4 Å². The molecule has 0 unspecified atom stereocenters. The van der Waals surface area contributed by atoms with Gasteiger partial charge in [-0.3, -0.25) is 20.3 Å². The Bertz CT molecular complexity index is 764. The van der Waals surface area contributed by atoms with E-state index >= 15 is 0 Å². The molecule has 10 heteroatoms. The van der Waals surface area contributed by atoms with Crippen molar-refractivity contribution in [1.29, 1.82) is 0 Å². The fourth-order valence-electron chi connectivity index (χ4n) is 1.67. The Hall–Kier alpha value is -3.33. The van der Waals surface area contributed by atoms with Gasteiger partial charge in [-0.1, -0.05) is 11.6 Å². The lowest BCUT2D eigenvalue weighted by atomic mass is 10.3. The normalized spacial score (nSPS) is 9.80. The summed E-state index contributed by atoms with van der Waals surface area (Å²) in [5.74, 6) is -0.323. The second-order valence-electron chi connectivity index (χ2n) is 4.67. The number of non-ortho nitro benzene ring substituents is 1. The summed E-state index contributed by atoms with van der Waals surface area (Å²) < 4.78 is 5.15. The van der Waals surface area contributed by atoms with Gasteiger partial charge in [-0.15, -0.1) is 0 Å². The first kappa shape index (κ1) is 18.0. The van der Waals surface area contributed by atoms with Crippen molar-refractivity contribution in [2.45, 2.75) is 0 Å². The first-order chi connectivity index (χ1) is 11.9. The van der Waals surface area contributed by atoms with Crippen molar-refractivity contribution in [2.75, 3.05) is 11.9 Å². The molecule has 3 N–H and O–H groups in total. The molecule has 0 radical (unpaired) electrons. The number of nitro groups is 1. The van der Waals surface area contributed by atoms with Gasteiger partial charge in [0.05, 0.1) is 4.92 Å². The summed E-state index contributed by atoms with van der Waals surface area (Å²) in [6.07, 6.45) is 0. The molecule has 0 saturated heterocycles. The zero-order valence-corrected chi connectivity index (χ0v) is 13.4. The Morgan fingerprint density at radius 2 is 1.68 bits per heavy atom. The molecule has 0 bridgehead atoms. The number of carbonyl (C=O) groups is 2. The van der Waals surface area contributed by atoms with Crippen LogP contribution in [0.2, 0.25) is 5.02 Å². The maximum Gasteiger partial charge on any atom is 0.337 e. The Morgan fingerprint density at radius 3 is 2.28 bits per heavy atom. The van der Waals surface area contributed by atoms with Crippen LogP contribution in [-0.2, 0) is 4.79 Å². The van der Waals surface area contributed by atoms with E-state index in [1.165, 1.54) is 24.3 Å². The highest BCUT2D eigenvalue weighted by Gasteiger charge is 2.08. The quantitative estimate of drug-likeness (QED) is 0.555. The zero-order valence-electron chi connectivity index (χ0n) is 12.7. The van der Waals surface area contributed by atoms with E-state index in [0.29, 0.717) is 10.7 Å². The fourth-order valence-corrected chi connectivity index (χ4v) is 1.80. The summed E-state index contributed by atoms with van der Waals surface area (Å²) in [5.41, 5.74) is 4.72. The van der Waals surface area contributed by atoms with Gasteiger partial charge in [-0.25, -0.2) is 10.2 Å². The number of amides is 3. The van der Waals surface area contributed by atoms with Crippen LogP contribution in [0.5, 0.6) is 5.75 Å². The number of urea groups is 1. The smallest absolute Gasteiger partial charge is 0.337 e. The van der Waals surface area contributed by atoms with Gasteiger partial charge < -0.3 is 10.1 Å². The number of nitrogens with zero attached hydrogens (tertiary/aromatic N) is 1. The van der Waals surface area contributed by atoms with Gasteiger partial charge in [0.1, 0.15) is 5.75 Å². The van der Waals surface area contributed by atoms with E-state index < -0.39 is 16.9 Å². The Labute approximate surface area is 147 Å². The molecule has 0 atom stereocenters. The number of nitrogens with one attached hydrogen (secondary N) is 3. The third-order valence-electron chi connectivity index (χ3n) is 2.84. The maximum absolute atomic E-state index is 11.6. The largest absolute Gasteiger partial charge is 0.484 e. The molecule has 9 nitrogen and oxygen atoms in total. The molecule has 0 aliphatic heterocycles. The standard InChI is InChI=1S/C15H13ClN4O5/c16-10-1-3-11(4-2-10)17-15(22)19-18-14(21)9-25-13-7-5-12(6-8-13)20(23)24/h1-8H,9H2,(H,18,21)(H2,17,19,22). The lowest BCUT2D eigenvalue weighted by Crippen LogP contribution is -2.45. The van der Waals surface area contributed by atoms with Crippen molar-refractivity contribution in [3.63, 3.8) is 0 Å². The van der Waals surface area contributed by atoms with Crippen LogP contribution in [0.15, 0.2) is 48.5 Å². The van der Waals surface area contributed by atoms with Crippen LogP contribution in [-0.4, -0.2) is 23.5 Å². The Morgan fingerprint density at radius 1 is 1.04 bits per heavy atom. The molecule has 3 amide bonds. The van der Waals surface area contributed by atoms with Crippen LogP contribution >= 0.6 is 11.6 Å². The van der Waals surface area contributed by atoms with Gasteiger partial charge in [0.2, 0.25) is 0 Å². The van der Waals surface area contributed by atoms with E-state index in [2.05, 4.69) is 16.2 Å². The number of hydrogen-bond donors (Lipinski definition) is 3. The van der Waals surface area contributed by atoms with Crippen molar-refractivity contribution in [2.24, 2.45) is 0 Å². The molecule has 2 aromatic rings. The van der Waals surface area contributed by atoms with Crippen LogP contribution in [0, 0.1) is 10.1 Å². The number of hydrogen-bond acceptors (Lipinski definition) is 5. The van der Waals surface area contributed by atoms with E-state index in [1.807, 2.05) is 0 Å². The Kier molecular flexibility index (Phi) is 6.13. The van der Waals surface area contributed by atoms with Gasteiger partial charge in [-0.2, -0.15) is 0 Å². The minimum Gasteiger partial charge on any atom is -0.484 e. The molecule has 25 heavy (non-hydrogen) atoms. The van der Waals surface area contributed by atoms with Crippen molar-refractivity contribution >= 4 is 34.9 Å². The molecule has 2 aromatic carbocycles. The number of halogens is 1. The number of nitro benzene ring substituents is 1. The zero-order chi connectivity index (χ0) is 18.2. The highest BCUT2D eigenvalue weighted by Crippen LogP contribution is 2.17. The number of rotatable bonds is 5. The molecular formula is C15H13ClN4O5. The molecule has 0 aliphatic rings. The molecule has 130 valence electrons. The summed E-state index contributed by atoms with van der Waals surface area (Å²) in [6, 6.07) is 11.0. The average Bonchev–Trinajstić information content (AvgIpc) is 2.60. The molecule has 0 aliphatic carbocycles. The topological polar surface area (TPSA) is 123 Å². The average molecular weight is 365 g/mol. The predicted molar refractivity (Wildman–Crippen MR) is 90.3 cm³/mol. The Balaban J connectivity index is 1.72. The molecule has 0 heterocycles. The predicted octanol–water partition coefficient (Wildman–Crippen LogP) is 2.48. The summed E-state index contributed by atoms with van der Waals surface area (Å²) in [6.45, 7) is -0.376. The van der Waals surface area contributed by atoms with E-state index in [9.17, 15) is 19.7 Å². The van der Waals surface area contributed by atoms with E-state index in [1.54, 1.807) is 24.3 Å². The molecule has 0 saturated carbocycles. The highest BCUT2D eigenvalue weighted by atomic mass is 35.5. The summed E-state index contributed by atoms with van der Waals surface area (Å²) in [4.78, 5) is 33.2. The number of carbonyl (C=O) groups excluding carboxylic acids is 2. The molecule has 0 aromatic heterocycles. The first-order valence-corrected chi connectivity index (χ1v) is 7.30. The van der Waals surface area contributed by atoms with Crippen LogP contribution in [0.25, 0.3) is 0 Å². The van der Waals surface area contributed by atoms with E-state index in [4.69, 9.17) is 16.3 Å². The van der Waals surface area contributed by atoms with E-state index in [0.717, 1.165) is 0 Å². The summed E-state index contributed by atoms with van der Waals surface area (Å²) in [5, 5.41) is 13.5. The minimum absolute atomic E-state index is 0.0858. The monoisotopic (exact) mass is 364 g/mol. The van der Waals surface area contributed by atoms with Crippen molar-refractivity contribution in [3.8, 4) is 5.75 Å². The van der Waals surface area contributed by atoms with Gasteiger partial charge in [0, 0.05) is 22.8 Å². The summed E-state index contributed by atoms with van der Waals surface area (Å²) >= 11 is 5.73. The van der Waals surface area contributed by atoms with Gasteiger partial charge >= 0.3 is 6.03 Å². The van der Waals surface area contributed by atoms with Crippen LogP contribution in [0.3, 0.4) is 0 Å². The number of anilines is 1. The van der Waals surface area contributed by atoms with Crippen LogP contribution < -0.4 is 20.9 Å². The molecule has 0 fully saturated rings.